The molecule has 0 bridgehead atoms. The molecular weight excluding hydrogens is 474 g/mol. The summed E-state index contributed by atoms with van der Waals surface area (Å²) in [6, 6.07) is 16.0. The number of anilines is 3. The number of halogens is 1. The molecule has 1 N–H and O–H groups in total. The maximum absolute atomic E-state index is 12.3. The van der Waals surface area contributed by atoms with E-state index in [0.717, 1.165) is 47.1 Å². The monoisotopic (exact) mass is 503 g/mol. The topological polar surface area (TPSA) is 78.7 Å². The van der Waals surface area contributed by atoms with Crippen LogP contribution in [0.5, 0.6) is 0 Å². The molecule has 4 aromatic rings. The molecule has 5 rings (SSSR count). The van der Waals surface area contributed by atoms with Gasteiger partial charge in [-0.1, -0.05) is 49.2 Å². The minimum absolute atomic E-state index is 0.0201. The zero-order valence-electron chi connectivity index (χ0n) is 21.0. The molecule has 1 fully saturated rings. The fourth-order valence-corrected chi connectivity index (χ4v) is 4.80. The fraction of sp³-hybridized carbons (Fsp3) is 0.333. The first kappa shape index (κ1) is 24.1. The smallest absolute Gasteiger partial charge is 0.254 e. The van der Waals surface area contributed by atoms with Gasteiger partial charge in [-0.05, 0) is 38.1 Å². The fourth-order valence-electron chi connectivity index (χ4n) is 4.50. The van der Waals surface area contributed by atoms with Crippen molar-refractivity contribution >= 4 is 40.5 Å². The first-order valence-corrected chi connectivity index (χ1v) is 12.6. The van der Waals surface area contributed by atoms with Crippen molar-refractivity contribution in [2.75, 3.05) is 36.4 Å². The van der Waals surface area contributed by atoms with Crippen LogP contribution in [0.25, 0.3) is 17.2 Å². The molecule has 36 heavy (non-hydrogen) atoms. The molecule has 186 valence electrons. The number of aromatic nitrogens is 4. The van der Waals surface area contributed by atoms with Gasteiger partial charge in [-0.25, -0.2) is 4.98 Å². The van der Waals surface area contributed by atoms with Crippen LogP contribution in [0.2, 0.25) is 5.02 Å². The van der Waals surface area contributed by atoms with Gasteiger partial charge in [0.2, 0.25) is 5.91 Å². The summed E-state index contributed by atoms with van der Waals surface area (Å²) < 4.78 is 1.72. The lowest BCUT2D eigenvalue weighted by Crippen LogP contribution is -2.50. The predicted octanol–water partition coefficient (Wildman–Crippen LogP) is 5.11. The lowest BCUT2D eigenvalue weighted by Gasteiger charge is -2.37. The second-order valence-electron chi connectivity index (χ2n) is 9.56. The van der Waals surface area contributed by atoms with Gasteiger partial charge < -0.3 is 15.1 Å². The maximum atomic E-state index is 12.3. The summed E-state index contributed by atoms with van der Waals surface area (Å²) >= 11 is 6.72. The lowest BCUT2D eigenvalue weighted by molar-refractivity contribution is -0.134. The van der Waals surface area contributed by atoms with Gasteiger partial charge in [0.05, 0.1) is 10.7 Å². The Labute approximate surface area is 215 Å². The van der Waals surface area contributed by atoms with Crippen molar-refractivity contribution in [3.63, 3.8) is 0 Å². The second-order valence-corrected chi connectivity index (χ2v) is 9.96. The molecule has 1 aliphatic heterocycles. The number of carbonyl (C=O) groups is 1. The summed E-state index contributed by atoms with van der Waals surface area (Å²) in [4.78, 5) is 25.7. The molecule has 0 aliphatic carbocycles. The van der Waals surface area contributed by atoms with E-state index in [4.69, 9.17) is 16.7 Å². The summed E-state index contributed by atoms with van der Waals surface area (Å²) in [6.07, 6.45) is 0. The van der Waals surface area contributed by atoms with Crippen LogP contribution in [0.4, 0.5) is 17.2 Å². The van der Waals surface area contributed by atoms with Crippen molar-refractivity contribution in [1.29, 1.82) is 0 Å². The Morgan fingerprint density at radius 3 is 2.47 bits per heavy atom. The number of aryl methyl sites for hydroxylation is 2. The van der Waals surface area contributed by atoms with Crippen LogP contribution in [0.15, 0.2) is 48.5 Å². The summed E-state index contributed by atoms with van der Waals surface area (Å²) in [5.41, 5.74) is 4.75. The maximum Gasteiger partial charge on any atom is 0.254 e. The lowest BCUT2D eigenvalue weighted by atomic mass is 10.1. The Bertz CT molecular complexity index is 1420. The van der Waals surface area contributed by atoms with Crippen molar-refractivity contribution in [1.82, 2.24) is 24.5 Å². The van der Waals surface area contributed by atoms with Crippen molar-refractivity contribution in [2.45, 2.75) is 27.7 Å². The molecule has 1 saturated heterocycles. The quantitative estimate of drug-likeness (QED) is 0.407. The van der Waals surface area contributed by atoms with E-state index >= 15 is 0 Å². The van der Waals surface area contributed by atoms with E-state index in [1.54, 1.807) is 4.52 Å². The molecule has 0 unspecified atom stereocenters. The van der Waals surface area contributed by atoms with Gasteiger partial charge in [0, 0.05) is 55.1 Å². The van der Waals surface area contributed by atoms with E-state index in [-0.39, 0.29) is 11.8 Å². The first-order chi connectivity index (χ1) is 17.3. The van der Waals surface area contributed by atoms with Crippen LogP contribution in [0, 0.1) is 19.8 Å². The highest BCUT2D eigenvalue weighted by molar-refractivity contribution is 6.33. The number of nitrogens with one attached hydrogen (secondary N) is 1. The summed E-state index contributed by atoms with van der Waals surface area (Å²) in [7, 11) is 0. The third-order valence-electron chi connectivity index (χ3n) is 6.36. The highest BCUT2D eigenvalue weighted by Gasteiger charge is 2.24. The number of amides is 1. The number of carbonyl (C=O) groups excluding carboxylic acids is 1. The summed E-state index contributed by atoms with van der Waals surface area (Å²) in [6.45, 7) is 10.8. The number of hydrogen-bond donors (Lipinski definition) is 1. The zero-order valence-corrected chi connectivity index (χ0v) is 21.8. The van der Waals surface area contributed by atoms with Gasteiger partial charge in [0.15, 0.2) is 5.82 Å². The number of rotatable bonds is 5. The second kappa shape index (κ2) is 9.78. The molecule has 3 heterocycles. The first-order valence-electron chi connectivity index (χ1n) is 12.2. The molecule has 0 saturated carbocycles. The van der Waals surface area contributed by atoms with Crippen molar-refractivity contribution in [3.8, 4) is 11.4 Å². The molecular formula is C27H30ClN7O. The molecule has 0 atom stereocenters. The van der Waals surface area contributed by atoms with E-state index in [1.807, 2.05) is 75.1 Å². The van der Waals surface area contributed by atoms with Crippen molar-refractivity contribution in [3.05, 3.63) is 64.8 Å². The van der Waals surface area contributed by atoms with E-state index in [1.165, 1.54) is 0 Å². The molecule has 8 nitrogen and oxygen atoms in total. The average Bonchev–Trinajstić information content (AvgIpc) is 3.28. The predicted molar refractivity (Wildman–Crippen MR) is 144 cm³/mol. The van der Waals surface area contributed by atoms with E-state index in [9.17, 15) is 4.79 Å². The molecule has 1 aliphatic rings. The van der Waals surface area contributed by atoms with Crippen LogP contribution in [-0.4, -0.2) is 56.6 Å². The largest absolute Gasteiger partial charge is 0.367 e. The van der Waals surface area contributed by atoms with Crippen LogP contribution < -0.4 is 10.2 Å². The Balaban J connectivity index is 1.36. The highest BCUT2D eigenvalue weighted by Crippen LogP contribution is 2.31. The SMILES string of the molecule is Cc1cccc(-c2nc3nc(C)cc(Nc4ccc(N5CCN(C(=O)C(C)C)CC5)c(Cl)c4)n3n2)c1. The summed E-state index contributed by atoms with van der Waals surface area (Å²) in [5.74, 6) is 2.15. The van der Waals surface area contributed by atoms with E-state index in [2.05, 4.69) is 26.3 Å². The van der Waals surface area contributed by atoms with Gasteiger partial charge in [0.1, 0.15) is 5.82 Å². The van der Waals surface area contributed by atoms with Crippen LogP contribution >= 0.6 is 11.6 Å². The van der Waals surface area contributed by atoms with Gasteiger partial charge in [0.25, 0.3) is 5.78 Å². The molecule has 1 amide bonds. The zero-order chi connectivity index (χ0) is 25.4. The van der Waals surface area contributed by atoms with E-state index < -0.39 is 0 Å². The standard InChI is InChI=1S/C27H30ClN7O/c1-17(2)26(36)34-12-10-33(11-13-34)23-9-8-21(16-22(23)28)30-24-15-19(4)29-27-31-25(32-35(24)27)20-7-5-6-18(3)14-20/h5-9,14-17,30H,10-13H2,1-4H3. The number of nitrogens with zero attached hydrogens (tertiary/aromatic N) is 6. The normalized spacial score (nSPS) is 14.1. The van der Waals surface area contributed by atoms with Crippen molar-refractivity contribution < 1.29 is 4.79 Å². The number of piperazine rings is 1. The van der Waals surface area contributed by atoms with Gasteiger partial charge in [-0.3, -0.25) is 4.79 Å². The van der Waals surface area contributed by atoms with Crippen LogP contribution in [0.3, 0.4) is 0 Å². The number of fused-ring (bicyclic) bond motifs is 1. The van der Waals surface area contributed by atoms with Crippen LogP contribution in [-0.2, 0) is 4.79 Å². The van der Waals surface area contributed by atoms with Gasteiger partial charge in [-0.15, -0.1) is 5.10 Å². The van der Waals surface area contributed by atoms with Crippen LogP contribution in [0.1, 0.15) is 25.1 Å². The number of benzene rings is 2. The Hall–Kier alpha value is -3.65. The minimum atomic E-state index is 0.0201. The third kappa shape index (κ3) is 4.86. The van der Waals surface area contributed by atoms with Gasteiger partial charge in [-0.2, -0.15) is 9.50 Å². The average molecular weight is 504 g/mol. The summed E-state index contributed by atoms with van der Waals surface area (Å²) in [5, 5.41) is 8.81. The number of hydrogen-bond acceptors (Lipinski definition) is 6. The molecule has 0 spiro atoms. The highest BCUT2D eigenvalue weighted by atomic mass is 35.5. The third-order valence-corrected chi connectivity index (χ3v) is 6.67. The Kier molecular flexibility index (Phi) is 6.53. The van der Waals surface area contributed by atoms with E-state index in [0.29, 0.717) is 29.7 Å². The molecule has 2 aromatic heterocycles. The molecule has 0 radical (unpaired) electrons. The molecule has 9 heteroatoms. The molecule has 2 aromatic carbocycles. The minimum Gasteiger partial charge on any atom is -0.367 e. The van der Waals surface area contributed by atoms with Crippen molar-refractivity contribution in [2.24, 2.45) is 5.92 Å². The Morgan fingerprint density at radius 1 is 1.00 bits per heavy atom. The Morgan fingerprint density at radius 2 is 1.78 bits per heavy atom. The van der Waals surface area contributed by atoms with Gasteiger partial charge >= 0.3 is 0 Å².